The lowest BCUT2D eigenvalue weighted by molar-refractivity contribution is 0.363. The van der Waals surface area contributed by atoms with E-state index in [2.05, 4.69) is 11.9 Å². The Morgan fingerprint density at radius 1 is 1.20 bits per heavy atom. The summed E-state index contributed by atoms with van der Waals surface area (Å²) < 4.78 is 19.1. The zero-order chi connectivity index (χ0) is 14.4. The van der Waals surface area contributed by atoms with Crippen LogP contribution < -0.4 is 10.1 Å². The minimum atomic E-state index is -0.430. The molecular weight excluding hydrogens is 277 g/mol. The van der Waals surface area contributed by atoms with Gasteiger partial charge in [-0.3, -0.25) is 0 Å². The molecule has 0 aliphatic rings. The summed E-state index contributed by atoms with van der Waals surface area (Å²) in [6.45, 7) is 4.58. The van der Waals surface area contributed by atoms with Gasteiger partial charge in [-0.05, 0) is 29.8 Å². The Morgan fingerprint density at radius 3 is 2.65 bits per heavy atom. The lowest BCUT2D eigenvalue weighted by atomic mass is 10.2. The predicted molar refractivity (Wildman–Crippen MR) is 80.9 cm³/mol. The number of rotatable bonds is 6. The average Bonchev–Trinajstić information content (AvgIpc) is 2.48. The van der Waals surface area contributed by atoms with Crippen LogP contribution in [-0.2, 0) is 6.54 Å². The molecule has 0 saturated heterocycles. The van der Waals surface area contributed by atoms with Gasteiger partial charge in [-0.1, -0.05) is 42.5 Å². The number of benzene rings is 2. The van der Waals surface area contributed by atoms with Gasteiger partial charge in [0.15, 0.2) is 5.82 Å². The number of nitrogens with one attached hydrogen (secondary N) is 1. The second-order valence-electron chi connectivity index (χ2n) is 4.20. The van der Waals surface area contributed by atoms with Gasteiger partial charge in [0.1, 0.15) is 12.4 Å². The third kappa shape index (κ3) is 3.75. The number of halogens is 2. The third-order valence-electron chi connectivity index (χ3n) is 2.73. The minimum absolute atomic E-state index is 0.114. The van der Waals surface area contributed by atoms with Gasteiger partial charge in [0.25, 0.3) is 0 Å². The molecule has 0 aromatic heterocycles. The molecule has 0 spiro atoms. The summed E-state index contributed by atoms with van der Waals surface area (Å²) in [5.74, 6) is 0.350. The van der Waals surface area contributed by atoms with Gasteiger partial charge in [0.2, 0.25) is 0 Å². The van der Waals surface area contributed by atoms with Crippen LogP contribution in [0.3, 0.4) is 0 Å². The maximum absolute atomic E-state index is 13.7. The van der Waals surface area contributed by atoms with Crippen LogP contribution in [0.5, 0.6) is 5.75 Å². The van der Waals surface area contributed by atoms with E-state index in [0.717, 1.165) is 11.3 Å². The normalized spacial score (nSPS) is 10.1. The number of hydrogen-bond donors (Lipinski definition) is 1. The SMILES string of the molecule is C=CCOc1ccc(CNc2cccc(Cl)c2F)cc1. The highest BCUT2D eigenvalue weighted by molar-refractivity contribution is 6.31. The monoisotopic (exact) mass is 291 g/mol. The standard InChI is InChI=1S/C16H15ClFNO/c1-2-10-20-13-8-6-12(7-9-13)11-19-15-5-3-4-14(17)16(15)18/h2-9,19H,1,10-11H2. The fraction of sp³-hybridized carbons (Fsp3) is 0.125. The summed E-state index contributed by atoms with van der Waals surface area (Å²) in [7, 11) is 0. The highest BCUT2D eigenvalue weighted by atomic mass is 35.5. The van der Waals surface area contributed by atoms with Crippen molar-refractivity contribution < 1.29 is 9.13 Å². The molecule has 104 valence electrons. The molecule has 0 fully saturated rings. The number of ether oxygens (including phenoxy) is 1. The molecule has 0 saturated carbocycles. The van der Waals surface area contributed by atoms with E-state index < -0.39 is 5.82 Å². The molecule has 0 heterocycles. The minimum Gasteiger partial charge on any atom is -0.490 e. The van der Waals surface area contributed by atoms with Crippen LogP contribution >= 0.6 is 11.6 Å². The first-order valence-corrected chi connectivity index (χ1v) is 6.59. The summed E-state index contributed by atoms with van der Waals surface area (Å²) in [6, 6.07) is 12.5. The van der Waals surface area contributed by atoms with Crippen molar-refractivity contribution in [3.63, 3.8) is 0 Å². The zero-order valence-corrected chi connectivity index (χ0v) is 11.7. The Kier molecular flexibility index (Phi) is 5.02. The van der Waals surface area contributed by atoms with Crippen molar-refractivity contribution in [2.24, 2.45) is 0 Å². The van der Waals surface area contributed by atoms with E-state index in [9.17, 15) is 4.39 Å². The van der Waals surface area contributed by atoms with Crippen LogP contribution in [0, 0.1) is 5.82 Å². The Balaban J connectivity index is 1.97. The fourth-order valence-electron chi connectivity index (χ4n) is 1.70. The molecule has 2 rings (SSSR count). The van der Waals surface area contributed by atoms with Crippen molar-refractivity contribution in [2.45, 2.75) is 6.54 Å². The van der Waals surface area contributed by atoms with Crippen LogP contribution in [0.2, 0.25) is 5.02 Å². The highest BCUT2D eigenvalue weighted by Crippen LogP contribution is 2.22. The molecule has 1 N–H and O–H groups in total. The Hall–Kier alpha value is -2.00. The van der Waals surface area contributed by atoms with Gasteiger partial charge in [-0.2, -0.15) is 0 Å². The summed E-state index contributed by atoms with van der Waals surface area (Å²) in [6.07, 6.45) is 1.69. The second-order valence-corrected chi connectivity index (χ2v) is 4.61. The molecule has 0 unspecified atom stereocenters. The lowest BCUT2D eigenvalue weighted by Crippen LogP contribution is -2.01. The Labute approximate surface area is 122 Å². The number of anilines is 1. The molecular formula is C16H15ClFNO. The van der Waals surface area contributed by atoms with Crippen LogP contribution in [0.1, 0.15) is 5.56 Å². The van der Waals surface area contributed by atoms with Gasteiger partial charge >= 0.3 is 0 Å². The fourth-order valence-corrected chi connectivity index (χ4v) is 1.87. The topological polar surface area (TPSA) is 21.3 Å². The van der Waals surface area contributed by atoms with E-state index in [1.54, 1.807) is 18.2 Å². The molecule has 0 atom stereocenters. The van der Waals surface area contributed by atoms with Crippen LogP contribution in [-0.4, -0.2) is 6.61 Å². The van der Waals surface area contributed by atoms with Crippen molar-refractivity contribution in [1.29, 1.82) is 0 Å². The van der Waals surface area contributed by atoms with Crippen LogP contribution in [0.25, 0.3) is 0 Å². The van der Waals surface area contributed by atoms with Gasteiger partial charge in [-0.25, -0.2) is 4.39 Å². The quantitative estimate of drug-likeness (QED) is 0.782. The molecule has 0 bridgehead atoms. The molecule has 2 aromatic rings. The Bertz CT molecular complexity index is 584. The van der Waals surface area contributed by atoms with Gasteiger partial charge in [0, 0.05) is 6.54 Å². The highest BCUT2D eigenvalue weighted by Gasteiger charge is 2.05. The summed E-state index contributed by atoms with van der Waals surface area (Å²) in [5.41, 5.74) is 1.42. The lowest BCUT2D eigenvalue weighted by Gasteiger charge is -2.09. The van der Waals surface area contributed by atoms with Crippen molar-refractivity contribution in [3.8, 4) is 5.75 Å². The first-order valence-electron chi connectivity index (χ1n) is 6.21. The molecule has 4 heteroatoms. The Morgan fingerprint density at radius 2 is 1.95 bits per heavy atom. The molecule has 0 amide bonds. The molecule has 2 aromatic carbocycles. The van der Waals surface area contributed by atoms with Gasteiger partial charge in [0.05, 0.1) is 10.7 Å². The molecule has 20 heavy (non-hydrogen) atoms. The third-order valence-corrected chi connectivity index (χ3v) is 3.02. The maximum Gasteiger partial charge on any atom is 0.164 e. The van der Waals surface area contributed by atoms with Crippen molar-refractivity contribution >= 4 is 17.3 Å². The largest absolute Gasteiger partial charge is 0.490 e. The van der Waals surface area contributed by atoms with Crippen LogP contribution in [0.15, 0.2) is 55.1 Å². The zero-order valence-electron chi connectivity index (χ0n) is 10.9. The maximum atomic E-state index is 13.7. The van der Waals surface area contributed by atoms with E-state index >= 15 is 0 Å². The van der Waals surface area contributed by atoms with E-state index in [1.807, 2.05) is 24.3 Å². The summed E-state index contributed by atoms with van der Waals surface area (Å²) >= 11 is 5.73. The number of hydrogen-bond acceptors (Lipinski definition) is 2. The molecule has 0 aliphatic carbocycles. The van der Waals surface area contributed by atoms with Gasteiger partial charge in [-0.15, -0.1) is 0 Å². The second kappa shape index (κ2) is 6.96. The smallest absolute Gasteiger partial charge is 0.164 e. The molecule has 0 aliphatic heterocycles. The average molecular weight is 292 g/mol. The van der Waals surface area contributed by atoms with Crippen molar-refractivity contribution in [1.82, 2.24) is 0 Å². The van der Waals surface area contributed by atoms with E-state index in [1.165, 1.54) is 6.07 Å². The first kappa shape index (κ1) is 14.4. The van der Waals surface area contributed by atoms with E-state index in [4.69, 9.17) is 16.3 Å². The van der Waals surface area contributed by atoms with Crippen molar-refractivity contribution in [3.05, 3.63) is 71.5 Å². The predicted octanol–water partition coefficient (Wildman–Crippen LogP) is 4.66. The van der Waals surface area contributed by atoms with Gasteiger partial charge < -0.3 is 10.1 Å². The molecule has 0 radical (unpaired) electrons. The summed E-state index contributed by atoms with van der Waals surface area (Å²) in [4.78, 5) is 0. The molecule has 2 nitrogen and oxygen atoms in total. The van der Waals surface area contributed by atoms with E-state index in [-0.39, 0.29) is 5.02 Å². The van der Waals surface area contributed by atoms with Crippen LogP contribution in [0.4, 0.5) is 10.1 Å². The van der Waals surface area contributed by atoms with E-state index in [0.29, 0.717) is 18.8 Å². The first-order chi connectivity index (χ1) is 9.70. The summed E-state index contributed by atoms with van der Waals surface area (Å²) in [5, 5.41) is 3.13. The van der Waals surface area contributed by atoms with Crippen molar-refractivity contribution in [2.75, 3.05) is 11.9 Å².